The Kier molecular flexibility index (Phi) is 7.64. The molecule has 0 radical (unpaired) electrons. The highest BCUT2D eigenvalue weighted by molar-refractivity contribution is 7.52. The number of terminal acetylenes is 1. The van der Waals surface area contributed by atoms with E-state index in [0.29, 0.717) is 41.6 Å². The average molecular weight is 646 g/mol. The first kappa shape index (κ1) is 30.4. The van der Waals surface area contributed by atoms with Gasteiger partial charge in [-0.2, -0.15) is 15.1 Å². The lowest BCUT2D eigenvalue weighted by atomic mass is 10.0. The molecule has 0 unspecified atom stereocenters. The maximum Gasteiger partial charge on any atom is 0.459 e. The molecule has 3 heterocycles. The molecule has 2 aromatic heterocycles. The third-order valence-electron chi connectivity index (χ3n) is 8.36. The van der Waals surface area contributed by atoms with E-state index in [2.05, 4.69) is 31.3 Å². The monoisotopic (exact) mass is 645 g/mol. The molecule has 1 saturated heterocycles. The number of ether oxygens (including phenoxy) is 2. The van der Waals surface area contributed by atoms with Crippen molar-refractivity contribution >= 4 is 47.4 Å². The van der Waals surface area contributed by atoms with E-state index in [9.17, 15) is 9.36 Å². The zero-order valence-electron chi connectivity index (χ0n) is 25.8. The molecule has 0 bridgehead atoms. The van der Waals surface area contributed by atoms with Gasteiger partial charge in [0, 0.05) is 17.8 Å². The van der Waals surface area contributed by atoms with Crippen molar-refractivity contribution in [1.82, 2.24) is 24.6 Å². The largest absolute Gasteiger partial charge is 0.462 e. The number of nitrogen functional groups attached to an aromatic ring is 1. The van der Waals surface area contributed by atoms with Crippen LogP contribution in [-0.4, -0.2) is 55.4 Å². The van der Waals surface area contributed by atoms with Crippen LogP contribution in [0.15, 0.2) is 48.8 Å². The quantitative estimate of drug-likeness (QED) is 0.114. The van der Waals surface area contributed by atoms with Crippen LogP contribution in [0.2, 0.25) is 0 Å². The summed E-state index contributed by atoms with van der Waals surface area (Å²) in [4.78, 5) is 26.1. The molecule has 1 aliphatic heterocycles. The van der Waals surface area contributed by atoms with Crippen molar-refractivity contribution in [2.24, 2.45) is 5.92 Å². The standard InChI is InChI=1S/C32H36N7O6P/c1-5-20-15-32(43-29(20)39-17-34-26-27(35-22-13-14-22)36-31(33)37-28(26)39)16-25(32)45-46(41,38-19(4)30(40)42-18(2)3)44-24-12-8-10-21-9-6-7-11-23(21)24/h1,6-12,17-20,22,25,29H,13-16H2,2-4H3,(H,38,41)(H3,33,35,36,37)/t19-,20-,25-,29+,32+,46+/m0/s1. The molecule has 4 aromatic rings. The molecule has 3 aliphatic rings. The number of esters is 1. The zero-order chi connectivity index (χ0) is 32.2. The van der Waals surface area contributed by atoms with Gasteiger partial charge in [-0.15, -0.1) is 6.42 Å². The summed E-state index contributed by atoms with van der Waals surface area (Å²) in [7, 11) is -4.19. The van der Waals surface area contributed by atoms with Crippen molar-refractivity contribution in [2.45, 2.75) is 82.6 Å². The van der Waals surface area contributed by atoms with E-state index in [1.165, 1.54) is 0 Å². The summed E-state index contributed by atoms with van der Waals surface area (Å²) in [5.41, 5.74) is 6.30. The van der Waals surface area contributed by atoms with Crippen LogP contribution in [0.4, 0.5) is 11.8 Å². The van der Waals surface area contributed by atoms with Gasteiger partial charge in [0.2, 0.25) is 5.95 Å². The highest BCUT2D eigenvalue weighted by Crippen LogP contribution is 2.62. The number of nitrogens with one attached hydrogen (secondary N) is 2. The summed E-state index contributed by atoms with van der Waals surface area (Å²) in [5, 5.41) is 7.80. The van der Waals surface area contributed by atoms with Crippen LogP contribution < -0.4 is 20.7 Å². The number of anilines is 2. The maximum absolute atomic E-state index is 14.5. The van der Waals surface area contributed by atoms with Gasteiger partial charge < -0.3 is 25.0 Å². The number of rotatable bonds is 11. The topological polar surface area (TPSA) is 165 Å². The van der Waals surface area contributed by atoms with Crippen LogP contribution in [0, 0.1) is 18.3 Å². The average Bonchev–Trinajstić information content (AvgIpc) is 3.85. The second-order valence-corrected chi connectivity index (χ2v) is 14.1. The number of nitrogens with two attached hydrogens (primary N) is 1. The molecule has 46 heavy (non-hydrogen) atoms. The number of carbonyl (C=O) groups excluding carboxylic acids is 1. The molecule has 4 N–H and O–H groups in total. The Bertz CT molecular complexity index is 1900. The molecule has 3 fully saturated rings. The fourth-order valence-corrected chi connectivity index (χ4v) is 7.63. The number of nitrogens with zero attached hydrogens (tertiary/aromatic N) is 4. The molecule has 240 valence electrons. The van der Waals surface area contributed by atoms with Gasteiger partial charge >= 0.3 is 13.7 Å². The Morgan fingerprint density at radius 1 is 1.17 bits per heavy atom. The first-order valence-corrected chi connectivity index (χ1v) is 17.0. The summed E-state index contributed by atoms with van der Waals surface area (Å²) < 4.78 is 40.6. The normalized spacial score (nSPS) is 25.8. The smallest absolute Gasteiger partial charge is 0.459 e. The van der Waals surface area contributed by atoms with Gasteiger partial charge in [-0.3, -0.25) is 13.9 Å². The van der Waals surface area contributed by atoms with Gasteiger partial charge in [0.15, 0.2) is 23.2 Å². The van der Waals surface area contributed by atoms with Gasteiger partial charge in [0.25, 0.3) is 0 Å². The molecule has 2 aromatic carbocycles. The highest BCUT2D eigenvalue weighted by atomic mass is 31.2. The molecular formula is C32H36N7O6P. The van der Waals surface area contributed by atoms with E-state index in [4.69, 9.17) is 30.7 Å². The molecule has 14 heteroatoms. The van der Waals surface area contributed by atoms with Gasteiger partial charge in [0.1, 0.15) is 23.5 Å². The molecule has 1 spiro atoms. The van der Waals surface area contributed by atoms with Crippen LogP contribution in [-0.2, 0) is 23.4 Å². The summed E-state index contributed by atoms with van der Waals surface area (Å²) in [6, 6.07) is 12.3. The van der Waals surface area contributed by atoms with Gasteiger partial charge in [0.05, 0.1) is 18.3 Å². The van der Waals surface area contributed by atoms with Gasteiger partial charge in [-0.25, -0.2) is 9.55 Å². The molecular weight excluding hydrogens is 609 g/mol. The van der Waals surface area contributed by atoms with Crippen molar-refractivity contribution in [3.8, 4) is 18.1 Å². The summed E-state index contributed by atoms with van der Waals surface area (Å²) in [5.74, 6) is 2.92. The lowest BCUT2D eigenvalue weighted by Crippen LogP contribution is -2.36. The number of benzene rings is 2. The Labute approximate surface area is 266 Å². The molecule has 0 amide bonds. The molecule has 2 aliphatic carbocycles. The number of imidazole rings is 1. The Hall–Kier alpha value is -4.21. The fourth-order valence-electron chi connectivity index (χ4n) is 5.88. The Morgan fingerprint density at radius 2 is 1.96 bits per heavy atom. The number of hydrogen-bond acceptors (Lipinski definition) is 11. The number of carbonyl (C=O) groups is 1. The van der Waals surface area contributed by atoms with E-state index >= 15 is 0 Å². The van der Waals surface area contributed by atoms with Crippen molar-refractivity contribution < 1.29 is 27.9 Å². The Morgan fingerprint density at radius 3 is 2.72 bits per heavy atom. The highest BCUT2D eigenvalue weighted by Gasteiger charge is 2.66. The first-order chi connectivity index (χ1) is 22.1. The van der Waals surface area contributed by atoms with E-state index in [1.807, 2.05) is 30.3 Å². The predicted octanol–water partition coefficient (Wildman–Crippen LogP) is 4.95. The molecule has 2 saturated carbocycles. The maximum atomic E-state index is 14.5. The van der Waals surface area contributed by atoms with Crippen molar-refractivity contribution in [2.75, 3.05) is 11.1 Å². The van der Waals surface area contributed by atoms with E-state index in [-0.39, 0.29) is 18.0 Å². The number of hydrogen-bond donors (Lipinski definition) is 3. The van der Waals surface area contributed by atoms with E-state index in [0.717, 1.165) is 23.6 Å². The summed E-state index contributed by atoms with van der Waals surface area (Å²) in [6.07, 6.45) is 8.97. The summed E-state index contributed by atoms with van der Waals surface area (Å²) >= 11 is 0. The molecule has 6 atom stereocenters. The van der Waals surface area contributed by atoms with Crippen molar-refractivity contribution in [3.63, 3.8) is 0 Å². The van der Waals surface area contributed by atoms with Crippen LogP contribution >= 0.6 is 7.75 Å². The first-order valence-electron chi connectivity index (χ1n) is 15.4. The van der Waals surface area contributed by atoms with Crippen LogP contribution in [0.3, 0.4) is 0 Å². The Balaban J connectivity index is 1.15. The fraction of sp³-hybridized carbons (Fsp3) is 0.438. The SMILES string of the molecule is C#C[C@H]1C[C@]2(C[C@@H]2O[P@@](=O)(N[C@@H](C)C(=O)OC(C)C)Oc2cccc3ccccc23)O[C@H]1n1cnc2c(NC3CC3)nc(N)nc21. The van der Waals surface area contributed by atoms with Crippen molar-refractivity contribution in [3.05, 3.63) is 48.8 Å². The minimum Gasteiger partial charge on any atom is -0.462 e. The van der Waals surface area contributed by atoms with Crippen LogP contribution in [0.5, 0.6) is 5.75 Å². The van der Waals surface area contributed by atoms with Gasteiger partial charge in [-0.1, -0.05) is 42.3 Å². The van der Waals surface area contributed by atoms with Crippen molar-refractivity contribution in [1.29, 1.82) is 0 Å². The minimum atomic E-state index is -4.19. The third kappa shape index (κ3) is 5.89. The van der Waals surface area contributed by atoms with Gasteiger partial charge in [-0.05, 0) is 51.5 Å². The van der Waals surface area contributed by atoms with E-state index in [1.54, 1.807) is 43.8 Å². The zero-order valence-corrected chi connectivity index (χ0v) is 26.6. The second kappa shape index (κ2) is 11.5. The molecule has 7 rings (SSSR count). The predicted molar refractivity (Wildman–Crippen MR) is 172 cm³/mol. The number of aromatic nitrogens is 4. The van der Waals surface area contributed by atoms with Crippen LogP contribution in [0.1, 0.15) is 52.7 Å². The minimum absolute atomic E-state index is 0.109. The third-order valence-corrected chi connectivity index (χ3v) is 10.0. The summed E-state index contributed by atoms with van der Waals surface area (Å²) in [6.45, 7) is 5.03. The molecule has 13 nitrogen and oxygen atoms in total. The van der Waals surface area contributed by atoms with Crippen LogP contribution in [0.25, 0.3) is 21.9 Å². The lowest BCUT2D eigenvalue weighted by Gasteiger charge is -2.25. The van der Waals surface area contributed by atoms with E-state index < -0.39 is 37.7 Å². The lowest BCUT2D eigenvalue weighted by molar-refractivity contribution is -0.149. The number of fused-ring (bicyclic) bond motifs is 2. The second-order valence-electron chi connectivity index (χ2n) is 12.4.